The summed E-state index contributed by atoms with van der Waals surface area (Å²) >= 11 is 13.4. The van der Waals surface area contributed by atoms with E-state index in [9.17, 15) is 0 Å². The number of hydrogen-bond acceptors (Lipinski definition) is 5. The van der Waals surface area contributed by atoms with Gasteiger partial charge in [-0.15, -0.1) is 0 Å². The number of aromatic nitrogens is 3. The van der Waals surface area contributed by atoms with Crippen LogP contribution in [-0.2, 0) is 0 Å². The molecule has 6 nitrogen and oxygen atoms in total. The fourth-order valence-corrected chi connectivity index (χ4v) is 5.98. The van der Waals surface area contributed by atoms with Crippen molar-refractivity contribution >= 4 is 50.8 Å². The average Bonchev–Trinajstić information content (AvgIpc) is 3.27. The molecule has 0 aliphatic carbocycles. The van der Waals surface area contributed by atoms with Crippen molar-refractivity contribution in [3.63, 3.8) is 0 Å². The fraction of sp³-hybridized carbons (Fsp3) is 0.407. The summed E-state index contributed by atoms with van der Waals surface area (Å²) in [5, 5.41) is 10.7. The molecule has 0 bridgehead atoms. The third-order valence-electron chi connectivity index (χ3n) is 7.71. The van der Waals surface area contributed by atoms with E-state index >= 15 is 4.39 Å². The molecule has 0 atom stereocenters. The third-order valence-corrected chi connectivity index (χ3v) is 8.51. The van der Waals surface area contributed by atoms with Crippen LogP contribution in [0.3, 0.4) is 0 Å². The monoisotopic (exact) mass is 526 g/mol. The number of nitrogens with zero attached hydrogens (tertiary/aromatic N) is 5. The quantitative estimate of drug-likeness (QED) is 0.370. The summed E-state index contributed by atoms with van der Waals surface area (Å²) in [4.78, 5) is 9.35. The van der Waals surface area contributed by atoms with Gasteiger partial charge in [0.25, 0.3) is 0 Å². The van der Waals surface area contributed by atoms with Crippen LogP contribution >= 0.6 is 23.2 Å². The Kier molecular flexibility index (Phi) is 6.07. The van der Waals surface area contributed by atoms with Crippen LogP contribution in [0.5, 0.6) is 0 Å². The molecule has 9 heteroatoms. The van der Waals surface area contributed by atoms with Crippen molar-refractivity contribution < 1.29 is 4.39 Å². The zero-order chi connectivity index (χ0) is 25.1. The minimum absolute atomic E-state index is 0.237. The Morgan fingerprint density at radius 3 is 2.58 bits per heavy atom. The summed E-state index contributed by atoms with van der Waals surface area (Å²) in [5.41, 5.74) is 2.94. The van der Waals surface area contributed by atoms with E-state index in [-0.39, 0.29) is 6.04 Å². The molecule has 2 aromatic heterocycles. The molecule has 0 saturated carbocycles. The lowest BCUT2D eigenvalue weighted by molar-refractivity contribution is 0.246. The van der Waals surface area contributed by atoms with Gasteiger partial charge in [0.05, 0.1) is 33.2 Å². The predicted molar refractivity (Wildman–Crippen MR) is 146 cm³/mol. The molecule has 2 aliphatic heterocycles. The van der Waals surface area contributed by atoms with Gasteiger partial charge in [-0.05, 0) is 58.6 Å². The number of piperidine rings is 1. The van der Waals surface area contributed by atoms with E-state index in [4.69, 9.17) is 33.3 Å². The number of hydrogen-bond donors (Lipinski definition) is 1. The highest BCUT2D eigenvalue weighted by atomic mass is 35.5. The summed E-state index contributed by atoms with van der Waals surface area (Å²) in [6.07, 6.45) is 3.82. The topological polar surface area (TPSA) is 49.2 Å². The molecule has 2 aromatic carbocycles. The predicted octanol–water partition coefficient (Wildman–Crippen LogP) is 5.68. The Morgan fingerprint density at radius 2 is 1.86 bits per heavy atom. The van der Waals surface area contributed by atoms with E-state index in [0.717, 1.165) is 61.3 Å². The van der Waals surface area contributed by atoms with Crippen molar-refractivity contribution in [2.75, 3.05) is 45.2 Å². The van der Waals surface area contributed by atoms with Gasteiger partial charge in [0, 0.05) is 35.6 Å². The average molecular weight is 527 g/mol. The van der Waals surface area contributed by atoms with Gasteiger partial charge in [-0.25, -0.2) is 9.37 Å². The molecule has 4 heterocycles. The van der Waals surface area contributed by atoms with Crippen LogP contribution < -0.4 is 10.2 Å². The normalized spacial score (nSPS) is 17.5. The van der Waals surface area contributed by atoms with Gasteiger partial charge in [-0.1, -0.05) is 41.4 Å². The number of benzene rings is 2. The van der Waals surface area contributed by atoms with Gasteiger partial charge in [0.2, 0.25) is 0 Å². The molecule has 6 rings (SSSR count). The van der Waals surface area contributed by atoms with Gasteiger partial charge in [0.1, 0.15) is 11.3 Å². The Labute approximate surface area is 220 Å². The Morgan fingerprint density at radius 1 is 1.11 bits per heavy atom. The lowest BCUT2D eigenvalue weighted by Crippen LogP contribution is -2.57. The Hall–Kier alpha value is -2.45. The molecule has 2 saturated heterocycles. The minimum atomic E-state index is -0.448. The van der Waals surface area contributed by atoms with Crippen molar-refractivity contribution in [1.82, 2.24) is 25.0 Å². The van der Waals surface area contributed by atoms with Crippen LogP contribution in [-0.4, -0.2) is 66.0 Å². The molecule has 0 radical (unpaired) electrons. The van der Waals surface area contributed by atoms with E-state index in [1.807, 2.05) is 31.3 Å². The van der Waals surface area contributed by atoms with Gasteiger partial charge in [0.15, 0.2) is 5.82 Å². The number of halogens is 3. The van der Waals surface area contributed by atoms with Crippen LogP contribution in [0.15, 0.2) is 30.5 Å². The lowest BCUT2D eigenvalue weighted by atomic mass is 9.99. The first-order chi connectivity index (χ1) is 17.3. The number of pyridine rings is 1. The molecule has 4 aromatic rings. The first-order valence-electron chi connectivity index (χ1n) is 12.4. The molecule has 36 heavy (non-hydrogen) atoms. The van der Waals surface area contributed by atoms with Crippen molar-refractivity contribution in [3.8, 4) is 11.1 Å². The number of rotatable bonds is 4. The molecule has 2 fully saturated rings. The number of fused-ring (bicyclic) bond motifs is 3. The number of nitrogens with one attached hydrogen (secondary N) is 1. The van der Waals surface area contributed by atoms with Crippen molar-refractivity contribution in [1.29, 1.82) is 0 Å². The van der Waals surface area contributed by atoms with Gasteiger partial charge in [-0.2, -0.15) is 5.10 Å². The van der Waals surface area contributed by atoms with Crippen LogP contribution in [0.2, 0.25) is 10.0 Å². The maximum absolute atomic E-state index is 16.4. The van der Waals surface area contributed by atoms with E-state index in [2.05, 4.69) is 33.9 Å². The highest BCUT2D eigenvalue weighted by molar-refractivity contribution is 6.37. The maximum Gasteiger partial charge on any atom is 0.158 e. The van der Waals surface area contributed by atoms with E-state index in [1.54, 1.807) is 6.07 Å². The van der Waals surface area contributed by atoms with E-state index < -0.39 is 5.82 Å². The van der Waals surface area contributed by atoms with Crippen LogP contribution in [0, 0.1) is 12.7 Å². The van der Waals surface area contributed by atoms with Gasteiger partial charge in [-0.3, -0.25) is 4.68 Å². The van der Waals surface area contributed by atoms with Crippen LogP contribution in [0.1, 0.15) is 24.4 Å². The minimum Gasteiger partial charge on any atom is -0.353 e. The third kappa shape index (κ3) is 3.76. The standard InChI is InChI=1S/C27H29Cl2FN6/c1-15-5-4-6-18(23(15)29)22-21(28)11-19-25(24(22)30)33-27(35-13-17(14-35)34(2)3)20-12-32-36(26(19)20)16-7-9-31-10-8-16/h4-6,11-12,16-17,31H,7-10,13-14H2,1-3H3. The summed E-state index contributed by atoms with van der Waals surface area (Å²) in [7, 11) is 4.17. The second-order valence-electron chi connectivity index (χ2n) is 10.2. The molecular formula is C27H29Cl2FN6. The maximum atomic E-state index is 16.4. The Bertz CT molecular complexity index is 1470. The molecule has 0 amide bonds. The molecule has 0 unspecified atom stereocenters. The van der Waals surface area contributed by atoms with Crippen molar-refractivity contribution in [2.24, 2.45) is 0 Å². The highest BCUT2D eigenvalue weighted by Crippen LogP contribution is 2.43. The molecule has 2 aliphatic rings. The fourth-order valence-electron chi connectivity index (χ4n) is 5.47. The highest BCUT2D eigenvalue weighted by Gasteiger charge is 2.33. The lowest BCUT2D eigenvalue weighted by Gasteiger charge is -2.43. The summed E-state index contributed by atoms with van der Waals surface area (Å²) in [5.74, 6) is 0.328. The SMILES string of the molecule is Cc1cccc(-c2c(Cl)cc3c(nc(N4CC(N(C)C)C4)c4cnn(C5CCNCC5)c43)c2F)c1Cl. The largest absolute Gasteiger partial charge is 0.353 e. The second kappa shape index (κ2) is 9.14. The zero-order valence-corrected chi connectivity index (χ0v) is 22.2. The first kappa shape index (κ1) is 23.9. The van der Waals surface area contributed by atoms with Crippen LogP contribution in [0.25, 0.3) is 32.9 Å². The molecular weight excluding hydrogens is 498 g/mol. The van der Waals surface area contributed by atoms with E-state index in [0.29, 0.717) is 38.1 Å². The van der Waals surface area contributed by atoms with Crippen LogP contribution in [0.4, 0.5) is 10.2 Å². The summed E-state index contributed by atoms with van der Waals surface area (Å²) in [6.45, 7) is 5.45. The van der Waals surface area contributed by atoms with Crippen molar-refractivity contribution in [3.05, 3.63) is 51.9 Å². The smallest absolute Gasteiger partial charge is 0.158 e. The van der Waals surface area contributed by atoms with Gasteiger partial charge >= 0.3 is 0 Å². The van der Waals surface area contributed by atoms with Crippen molar-refractivity contribution in [2.45, 2.75) is 31.8 Å². The molecule has 0 spiro atoms. The summed E-state index contributed by atoms with van der Waals surface area (Å²) in [6, 6.07) is 8.09. The molecule has 1 N–H and O–H groups in total. The Balaban J connectivity index is 1.61. The molecule has 188 valence electrons. The number of aryl methyl sites for hydroxylation is 1. The number of likely N-dealkylation sites (N-methyl/N-ethyl adjacent to an activating group) is 1. The van der Waals surface area contributed by atoms with Gasteiger partial charge < -0.3 is 15.1 Å². The van der Waals surface area contributed by atoms with E-state index in [1.165, 1.54) is 0 Å². The second-order valence-corrected chi connectivity index (χ2v) is 11.0. The summed E-state index contributed by atoms with van der Waals surface area (Å²) < 4.78 is 18.5. The zero-order valence-electron chi connectivity index (χ0n) is 20.7. The number of anilines is 1. The first-order valence-corrected chi connectivity index (χ1v) is 13.2.